The van der Waals surface area contributed by atoms with Crippen LogP contribution in [0.25, 0.3) is 12.2 Å². The zero-order chi connectivity index (χ0) is 10.5. The number of hydrogen-bond donors (Lipinski definition) is 0. The molecule has 2 nitrogen and oxygen atoms in total. The van der Waals surface area contributed by atoms with Gasteiger partial charge in [0.25, 0.3) is 0 Å². The van der Waals surface area contributed by atoms with Crippen molar-refractivity contribution in [3.05, 3.63) is 45.9 Å². The van der Waals surface area contributed by atoms with Gasteiger partial charge in [-0.25, -0.2) is 0 Å². The van der Waals surface area contributed by atoms with Crippen molar-refractivity contribution in [1.29, 1.82) is 0 Å². The highest BCUT2D eigenvalue weighted by Crippen LogP contribution is 2.14. The zero-order valence-corrected chi connectivity index (χ0v) is 9.50. The van der Waals surface area contributed by atoms with E-state index in [1.54, 1.807) is 0 Å². The molecule has 0 spiro atoms. The van der Waals surface area contributed by atoms with Crippen LogP contribution in [0.15, 0.2) is 30.3 Å². The maximum atomic E-state index is 5.64. The summed E-state index contributed by atoms with van der Waals surface area (Å²) in [6.45, 7) is 0. The van der Waals surface area contributed by atoms with Gasteiger partial charge >= 0.3 is 0 Å². The monoisotopic (exact) mass is 236 g/mol. The van der Waals surface area contributed by atoms with Crippen molar-refractivity contribution in [1.82, 2.24) is 10.2 Å². The Bertz CT molecular complexity index is 451. The van der Waals surface area contributed by atoms with Crippen LogP contribution in [0.5, 0.6) is 0 Å². The summed E-state index contributed by atoms with van der Waals surface area (Å²) in [6.07, 6.45) is 3.96. The van der Waals surface area contributed by atoms with Crippen molar-refractivity contribution in [3.63, 3.8) is 0 Å². The second-order valence-corrected chi connectivity index (χ2v) is 4.27. The maximum absolute atomic E-state index is 5.64. The second-order valence-electron chi connectivity index (χ2n) is 2.91. The summed E-state index contributed by atoms with van der Waals surface area (Å²) in [5.74, 6) is 0.427. The summed E-state index contributed by atoms with van der Waals surface area (Å²) in [6, 6.07) is 10.1. The lowest BCUT2D eigenvalue weighted by molar-refractivity contribution is 1.03. The van der Waals surface area contributed by atoms with Crippen molar-refractivity contribution >= 4 is 35.1 Å². The number of rotatable bonds is 3. The fourth-order valence-electron chi connectivity index (χ4n) is 1.12. The summed E-state index contributed by atoms with van der Waals surface area (Å²) in [7, 11) is 0. The van der Waals surface area contributed by atoms with Crippen LogP contribution < -0.4 is 0 Å². The van der Waals surface area contributed by atoms with Gasteiger partial charge < -0.3 is 0 Å². The molecule has 0 aliphatic carbocycles. The molecule has 76 valence electrons. The molecule has 0 amide bonds. The van der Waals surface area contributed by atoms with E-state index in [4.69, 9.17) is 11.6 Å². The van der Waals surface area contributed by atoms with Crippen molar-refractivity contribution in [2.75, 3.05) is 0 Å². The first-order valence-corrected chi connectivity index (χ1v) is 5.85. The number of aromatic nitrogens is 2. The van der Waals surface area contributed by atoms with Crippen LogP contribution in [0.1, 0.15) is 15.6 Å². The summed E-state index contributed by atoms with van der Waals surface area (Å²) in [5.41, 5.74) is 1.15. The first kappa shape index (κ1) is 10.3. The molecule has 2 rings (SSSR count). The van der Waals surface area contributed by atoms with Crippen LogP contribution in [0.2, 0.25) is 0 Å². The van der Waals surface area contributed by atoms with Crippen LogP contribution >= 0.6 is 22.9 Å². The highest BCUT2D eigenvalue weighted by molar-refractivity contribution is 7.12. The normalized spacial score (nSPS) is 11.0. The Morgan fingerprint density at radius 1 is 1.13 bits per heavy atom. The van der Waals surface area contributed by atoms with Gasteiger partial charge in [-0.3, -0.25) is 0 Å². The van der Waals surface area contributed by atoms with Gasteiger partial charge in [0.1, 0.15) is 10.0 Å². The minimum atomic E-state index is 0.427. The molecule has 0 saturated carbocycles. The van der Waals surface area contributed by atoms with Crippen molar-refractivity contribution in [2.45, 2.75) is 5.88 Å². The first-order valence-electron chi connectivity index (χ1n) is 4.50. The second kappa shape index (κ2) is 5.05. The van der Waals surface area contributed by atoms with Gasteiger partial charge in [-0.2, -0.15) is 0 Å². The van der Waals surface area contributed by atoms with E-state index in [1.165, 1.54) is 11.3 Å². The molecule has 0 radical (unpaired) electrons. The van der Waals surface area contributed by atoms with Crippen LogP contribution in [-0.2, 0) is 5.88 Å². The van der Waals surface area contributed by atoms with Gasteiger partial charge in [0.2, 0.25) is 0 Å². The van der Waals surface area contributed by atoms with Gasteiger partial charge in [-0.05, 0) is 11.6 Å². The molecule has 0 unspecified atom stereocenters. The average molecular weight is 237 g/mol. The largest absolute Gasteiger partial charge is 0.142 e. The SMILES string of the molecule is ClCc1nnc(C=Cc2ccccc2)s1. The topological polar surface area (TPSA) is 25.8 Å². The Kier molecular flexibility index (Phi) is 3.48. The maximum Gasteiger partial charge on any atom is 0.140 e. The lowest BCUT2D eigenvalue weighted by Gasteiger charge is -1.88. The molecule has 0 fully saturated rings. The summed E-state index contributed by atoms with van der Waals surface area (Å²) in [5, 5.41) is 9.67. The van der Waals surface area contributed by atoms with Crippen molar-refractivity contribution in [2.24, 2.45) is 0 Å². The van der Waals surface area contributed by atoms with Gasteiger partial charge in [0, 0.05) is 0 Å². The molecule has 0 N–H and O–H groups in total. The van der Waals surface area contributed by atoms with Crippen LogP contribution in [0.3, 0.4) is 0 Å². The predicted molar refractivity (Wildman–Crippen MR) is 64.8 cm³/mol. The highest BCUT2D eigenvalue weighted by atomic mass is 35.5. The lowest BCUT2D eigenvalue weighted by Crippen LogP contribution is -1.74. The fourth-order valence-corrected chi connectivity index (χ4v) is 1.93. The van der Waals surface area contributed by atoms with Crippen molar-refractivity contribution < 1.29 is 0 Å². The van der Waals surface area contributed by atoms with E-state index in [0.717, 1.165) is 15.6 Å². The van der Waals surface area contributed by atoms with E-state index in [0.29, 0.717) is 5.88 Å². The Balaban J connectivity index is 2.11. The quantitative estimate of drug-likeness (QED) is 0.763. The van der Waals surface area contributed by atoms with Gasteiger partial charge in [-0.15, -0.1) is 21.8 Å². The minimum absolute atomic E-state index is 0.427. The van der Waals surface area contributed by atoms with E-state index in [9.17, 15) is 0 Å². The van der Waals surface area contributed by atoms with Gasteiger partial charge in [-0.1, -0.05) is 47.7 Å². The third-order valence-electron chi connectivity index (χ3n) is 1.81. The number of nitrogens with zero attached hydrogens (tertiary/aromatic N) is 2. The van der Waals surface area contributed by atoms with E-state index in [-0.39, 0.29) is 0 Å². The fraction of sp³-hybridized carbons (Fsp3) is 0.0909. The molecule has 0 bridgehead atoms. The standard InChI is InChI=1S/C11H9ClN2S/c12-8-11-14-13-10(15-11)7-6-9-4-2-1-3-5-9/h1-7H,8H2. The van der Waals surface area contributed by atoms with Crippen LogP contribution in [0, 0.1) is 0 Å². The molecule has 2 aromatic rings. The Hall–Kier alpha value is -1.19. The van der Waals surface area contributed by atoms with Gasteiger partial charge in [0.15, 0.2) is 0 Å². The van der Waals surface area contributed by atoms with E-state index in [1.807, 2.05) is 42.5 Å². The molecule has 0 atom stereocenters. The number of alkyl halides is 1. The van der Waals surface area contributed by atoms with E-state index >= 15 is 0 Å². The van der Waals surface area contributed by atoms with Crippen molar-refractivity contribution in [3.8, 4) is 0 Å². The third kappa shape index (κ3) is 2.88. The Labute approximate surface area is 97.2 Å². The molecule has 4 heteroatoms. The molecule has 1 heterocycles. The summed E-state index contributed by atoms with van der Waals surface area (Å²) in [4.78, 5) is 0. The molecule has 1 aromatic carbocycles. The zero-order valence-electron chi connectivity index (χ0n) is 7.93. The Morgan fingerprint density at radius 2 is 1.93 bits per heavy atom. The molecule has 0 aliphatic rings. The first-order chi connectivity index (χ1) is 7.38. The van der Waals surface area contributed by atoms with Crippen LogP contribution in [0.4, 0.5) is 0 Å². The molecular weight excluding hydrogens is 228 g/mol. The van der Waals surface area contributed by atoms with Crippen LogP contribution in [-0.4, -0.2) is 10.2 Å². The molecule has 15 heavy (non-hydrogen) atoms. The molecule has 0 saturated heterocycles. The number of halogens is 1. The van der Waals surface area contributed by atoms with Gasteiger partial charge in [0.05, 0.1) is 5.88 Å². The predicted octanol–water partition coefficient (Wildman–Crippen LogP) is 3.45. The number of hydrogen-bond acceptors (Lipinski definition) is 3. The van der Waals surface area contributed by atoms with E-state index in [2.05, 4.69) is 10.2 Å². The number of benzene rings is 1. The molecular formula is C11H9ClN2S. The average Bonchev–Trinajstić information content (AvgIpc) is 2.76. The Morgan fingerprint density at radius 3 is 2.60 bits per heavy atom. The highest BCUT2D eigenvalue weighted by Gasteiger charge is 1.98. The summed E-state index contributed by atoms with van der Waals surface area (Å²) < 4.78 is 0. The third-order valence-corrected chi connectivity index (χ3v) is 3.11. The summed E-state index contributed by atoms with van der Waals surface area (Å²) >= 11 is 7.15. The van der Waals surface area contributed by atoms with E-state index < -0.39 is 0 Å². The minimum Gasteiger partial charge on any atom is -0.142 e. The lowest BCUT2D eigenvalue weighted by atomic mass is 10.2. The smallest absolute Gasteiger partial charge is 0.140 e. The molecule has 0 aliphatic heterocycles. The molecule has 1 aromatic heterocycles.